The Bertz CT molecular complexity index is 1060. The van der Waals surface area contributed by atoms with Gasteiger partial charge >= 0.3 is 0 Å². The Morgan fingerprint density at radius 2 is 1.49 bits per heavy atom. The first-order valence-electron chi connectivity index (χ1n) is 21.0. The molecule has 302 valence electrons. The minimum absolute atomic E-state index is 0.101. The van der Waals surface area contributed by atoms with Crippen LogP contribution in [0.4, 0.5) is 0 Å². The van der Waals surface area contributed by atoms with Gasteiger partial charge in [-0.15, -0.1) is 24.7 Å². The van der Waals surface area contributed by atoms with E-state index in [1.54, 1.807) is 0 Å². The number of nitrogens with one attached hydrogen (secondary N) is 1. The van der Waals surface area contributed by atoms with Crippen molar-refractivity contribution < 1.29 is 19.5 Å². The van der Waals surface area contributed by atoms with Crippen LogP contribution in [0.1, 0.15) is 168 Å². The van der Waals surface area contributed by atoms with E-state index in [0.717, 1.165) is 110 Å². The van der Waals surface area contributed by atoms with E-state index in [4.69, 9.17) is 9.63 Å². The van der Waals surface area contributed by atoms with Gasteiger partial charge in [0.05, 0.1) is 12.7 Å². The van der Waals surface area contributed by atoms with Gasteiger partial charge in [-0.3, -0.25) is 9.63 Å². The van der Waals surface area contributed by atoms with Crippen molar-refractivity contribution in [1.29, 1.82) is 0 Å². The summed E-state index contributed by atoms with van der Waals surface area (Å²) in [4.78, 5) is 26.2. The topological polar surface area (TPSA) is 78.9 Å². The standard InChI is InChI=1S/C44H76N2O3.C2H2.CH2O/c1-6-11-14-17-22-27-43(47)28-23-19-16-15-18-21-26-41(44(48)34-37-49-46(10-5)36-24-13-8-3)33-35-45-42(9-4)38-40-31-29-39(30-32-40)25-20-12-7-2;2*1-2/h21,26,29-32,41-42,44-45,48H,6,8-11,13-20,22-25,27-28,33-38H2,1-5H3;1-2H;1H2/b26-21+;;. The number of Topliss-reactive ketones (excluding diaryl/α,β-unsaturated/α-hetero) is 1. The summed E-state index contributed by atoms with van der Waals surface area (Å²) in [6, 6.07) is 9.44. The molecule has 0 spiro atoms. The first-order chi connectivity index (χ1) is 26.0. The molecule has 0 heterocycles. The van der Waals surface area contributed by atoms with Crippen LogP contribution in [0.3, 0.4) is 0 Å². The lowest BCUT2D eigenvalue weighted by Gasteiger charge is -2.24. The number of terminal acetylenes is 1. The number of aliphatic hydroxyl groups excluding tert-OH is 1. The molecule has 1 aromatic carbocycles. The molecule has 0 aliphatic carbocycles. The lowest BCUT2D eigenvalue weighted by molar-refractivity contribution is -0.162. The van der Waals surface area contributed by atoms with E-state index >= 15 is 0 Å². The third-order valence-corrected chi connectivity index (χ3v) is 9.69. The number of carbonyl (C=O) groups is 2. The van der Waals surface area contributed by atoms with Crippen LogP contribution < -0.4 is 5.32 Å². The highest BCUT2D eigenvalue weighted by molar-refractivity contribution is 5.78. The molecule has 0 aromatic heterocycles. The van der Waals surface area contributed by atoms with Crippen LogP contribution in [0.15, 0.2) is 36.4 Å². The summed E-state index contributed by atoms with van der Waals surface area (Å²) in [6.45, 7) is 16.0. The van der Waals surface area contributed by atoms with Gasteiger partial charge < -0.3 is 15.2 Å². The van der Waals surface area contributed by atoms with Crippen molar-refractivity contribution in [2.45, 2.75) is 182 Å². The number of hydroxylamine groups is 2. The van der Waals surface area contributed by atoms with Gasteiger partial charge in [0.25, 0.3) is 0 Å². The van der Waals surface area contributed by atoms with Crippen LogP contribution in [-0.4, -0.2) is 61.1 Å². The van der Waals surface area contributed by atoms with Gasteiger partial charge in [-0.05, 0) is 88.8 Å². The zero-order valence-corrected chi connectivity index (χ0v) is 34.9. The first-order valence-corrected chi connectivity index (χ1v) is 21.0. The van der Waals surface area contributed by atoms with Crippen molar-refractivity contribution in [2.24, 2.45) is 5.92 Å². The Labute approximate surface area is 327 Å². The van der Waals surface area contributed by atoms with Gasteiger partial charge in [-0.1, -0.05) is 115 Å². The molecular weight excluding hydrogens is 657 g/mol. The Morgan fingerprint density at radius 3 is 2.09 bits per heavy atom. The Hall–Kier alpha value is -2.74. The van der Waals surface area contributed by atoms with E-state index in [2.05, 4.69) is 94.1 Å². The molecule has 53 heavy (non-hydrogen) atoms. The van der Waals surface area contributed by atoms with Gasteiger partial charge in [0.15, 0.2) is 0 Å². The maximum Gasteiger partial charge on any atom is 0.132 e. The second-order valence-electron chi connectivity index (χ2n) is 14.0. The quantitative estimate of drug-likeness (QED) is 0.0324. The number of aryl methyl sites for hydroxylation is 1. The van der Waals surface area contributed by atoms with E-state index in [-0.39, 0.29) is 5.92 Å². The molecule has 0 fully saturated rings. The average molecular weight is 737 g/mol. The summed E-state index contributed by atoms with van der Waals surface area (Å²) >= 11 is 0. The lowest BCUT2D eigenvalue weighted by Crippen LogP contribution is -2.34. The largest absolute Gasteiger partial charge is 0.392 e. The molecule has 0 radical (unpaired) electrons. The van der Waals surface area contributed by atoms with Crippen molar-refractivity contribution >= 4 is 12.6 Å². The second-order valence-corrected chi connectivity index (χ2v) is 14.0. The number of hydrogen-bond donors (Lipinski definition) is 2. The summed E-state index contributed by atoms with van der Waals surface area (Å²) in [5.41, 5.74) is 2.71. The lowest BCUT2D eigenvalue weighted by atomic mass is 9.94. The van der Waals surface area contributed by atoms with Gasteiger partial charge in [-0.2, -0.15) is 5.06 Å². The van der Waals surface area contributed by atoms with Crippen molar-refractivity contribution in [2.75, 3.05) is 26.2 Å². The number of hydrogen-bond acceptors (Lipinski definition) is 6. The van der Waals surface area contributed by atoms with Crippen LogP contribution in [0.5, 0.6) is 0 Å². The SMILES string of the molecule is C#C.C=O.CC#CCCc1ccc(CC(CC)NCCC(/C=C/CCCCCCC(=O)CCCCCCC)C(O)CCON(CC)CCCCC)cc1. The Morgan fingerprint density at radius 1 is 0.887 bits per heavy atom. The fourth-order valence-corrected chi connectivity index (χ4v) is 6.32. The van der Waals surface area contributed by atoms with Crippen LogP contribution in [0.2, 0.25) is 0 Å². The molecule has 6 nitrogen and oxygen atoms in total. The van der Waals surface area contributed by atoms with E-state index in [1.807, 2.05) is 18.8 Å². The molecule has 0 saturated heterocycles. The molecular formula is C47H80N2O4. The minimum atomic E-state index is -0.426. The summed E-state index contributed by atoms with van der Waals surface area (Å²) in [6.07, 6.45) is 34.3. The first kappa shape index (κ1) is 52.4. The number of aliphatic hydroxyl groups is 1. The average Bonchev–Trinajstić information content (AvgIpc) is 3.19. The molecule has 1 aromatic rings. The molecule has 0 amide bonds. The Kier molecular flexibility index (Phi) is 40.0. The fourth-order valence-electron chi connectivity index (χ4n) is 6.32. The van der Waals surface area contributed by atoms with Crippen LogP contribution in [-0.2, 0) is 27.3 Å². The maximum absolute atomic E-state index is 12.2. The van der Waals surface area contributed by atoms with Gasteiger partial charge in [0, 0.05) is 44.3 Å². The van der Waals surface area contributed by atoms with Gasteiger partial charge in [0.2, 0.25) is 0 Å². The molecule has 1 rings (SSSR count). The van der Waals surface area contributed by atoms with Crippen molar-refractivity contribution in [3.05, 3.63) is 47.5 Å². The zero-order valence-electron chi connectivity index (χ0n) is 34.9. The zero-order chi connectivity index (χ0) is 39.8. The molecule has 3 unspecified atom stereocenters. The minimum Gasteiger partial charge on any atom is -0.392 e. The van der Waals surface area contributed by atoms with Crippen LogP contribution in [0, 0.1) is 30.6 Å². The third kappa shape index (κ3) is 31.3. The highest BCUT2D eigenvalue weighted by Crippen LogP contribution is 2.18. The van der Waals surface area contributed by atoms with Crippen LogP contribution in [0.25, 0.3) is 0 Å². The molecule has 2 N–H and O–H groups in total. The summed E-state index contributed by atoms with van der Waals surface area (Å²) in [7, 11) is 0. The number of rotatable bonds is 33. The smallest absolute Gasteiger partial charge is 0.132 e. The Balaban J connectivity index is 0. The van der Waals surface area contributed by atoms with E-state index in [0.29, 0.717) is 24.9 Å². The van der Waals surface area contributed by atoms with Crippen molar-refractivity contribution in [3.8, 4) is 24.7 Å². The van der Waals surface area contributed by atoms with Gasteiger partial charge in [-0.25, -0.2) is 0 Å². The number of benzene rings is 1. The number of unbranched alkanes of at least 4 members (excludes halogenated alkanes) is 10. The molecule has 3 atom stereocenters. The van der Waals surface area contributed by atoms with Gasteiger partial charge in [0.1, 0.15) is 12.6 Å². The van der Waals surface area contributed by atoms with Crippen molar-refractivity contribution in [1.82, 2.24) is 10.4 Å². The molecule has 0 saturated carbocycles. The van der Waals surface area contributed by atoms with E-state index in [9.17, 15) is 9.90 Å². The van der Waals surface area contributed by atoms with Crippen LogP contribution >= 0.6 is 0 Å². The summed E-state index contributed by atoms with van der Waals surface area (Å²) in [5, 5.41) is 17.1. The number of carbonyl (C=O) groups excluding carboxylic acids is 2. The molecule has 0 bridgehead atoms. The normalized spacial score (nSPS) is 12.5. The predicted molar refractivity (Wildman–Crippen MR) is 228 cm³/mol. The number of ketones is 1. The molecule has 0 aliphatic heterocycles. The summed E-state index contributed by atoms with van der Waals surface area (Å²) < 4.78 is 0. The number of nitrogens with zero attached hydrogens (tertiary/aromatic N) is 1. The van der Waals surface area contributed by atoms with E-state index in [1.165, 1.54) is 49.7 Å². The van der Waals surface area contributed by atoms with E-state index < -0.39 is 6.10 Å². The summed E-state index contributed by atoms with van der Waals surface area (Å²) in [5.74, 6) is 6.69. The maximum atomic E-state index is 12.2. The molecule has 0 aliphatic rings. The molecule has 6 heteroatoms. The fraction of sp³-hybridized carbons (Fsp3) is 0.702. The second kappa shape index (κ2) is 40.4. The highest BCUT2D eigenvalue weighted by Gasteiger charge is 2.18. The third-order valence-electron chi connectivity index (χ3n) is 9.69. The monoisotopic (exact) mass is 737 g/mol. The number of allylic oxidation sites excluding steroid dienone is 1. The highest BCUT2D eigenvalue weighted by atomic mass is 16.7. The predicted octanol–water partition coefficient (Wildman–Crippen LogP) is 10.6. The van der Waals surface area contributed by atoms with Crippen molar-refractivity contribution in [3.63, 3.8) is 0 Å².